The van der Waals surface area contributed by atoms with Gasteiger partial charge in [-0.1, -0.05) is 12.1 Å². The van der Waals surface area contributed by atoms with E-state index in [1.807, 2.05) is 24.3 Å². The minimum atomic E-state index is 0.126. The second-order valence-electron chi connectivity index (χ2n) is 4.67. The van der Waals surface area contributed by atoms with E-state index in [1.165, 1.54) is 0 Å². The van der Waals surface area contributed by atoms with Crippen molar-refractivity contribution in [3.8, 4) is 5.75 Å². The van der Waals surface area contributed by atoms with Gasteiger partial charge in [-0.05, 0) is 24.6 Å². The number of fused-ring (bicyclic) bond motifs is 1. The summed E-state index contributed by atoms with van der Waals surface area (Å²) in [5, 5.41) is 0. The van der Waals surface area contributed by atoms with Gasteiger partial charge in [-0.3, -0.25) is 0 Å². The van der Waals surface area contributed by atoms with Crippen molar-refractivity contribution < 1.29 is 9.15 Å². The van der Waals surface area contributed by atoms with Crippen LogP contribution in [-0.4, -0.2) is 19.7 Å². The highest BCUT2D eigenvalue weighted by molar-refractivity contribution is 5.60. The van der Waals surface area contributed by atoms with Crippen LogP contribution in [0.4, 0.5) is 5.69 Å². The Labute approximate surface area is 112 Å². The first kappa shape index (κ1) is 12.1. The molecular formula is C15H18N2O2. The van der Waals surface area contributed by atoms with Gasteiger partial charge in [-0.25, -0.2) is 0 Å². The molecule has 0 fully saturated rings. The summed E-state index contributed by atoms with van der Waals surface area (Å²) in [4.78, 5) is 2.31. The first-order valence-corrected chi connectivity index (χ1v) is 6.61. The first-order chi connectivity index (χ1) is 9.40. The van der Waals surface area contributed by atoms with Crippen LogP contribution in [-0.2, 0) is 0 Å². The van der Waals surface area contributed by atoms with Gasteiger partial charge in [0, 0.05) is 18.7 Å². The molecule has 1 aromatic heterocycles. The third-order valence-corrected chi connectivity index (χ3v) is 3.50. The molecule has 19 heavy (non-hydrogen) atoms. The minimum Gasteiger partial charge on any atom is -0.491 e. The summed E-state index contributed by atoms with van der Waals surface area (Å²) in [6.45, 7) is 2.23. The Kier molecular flexibility index (Phi) is 3.42. The van der Waals surface area contributed by atoms with E-state index in [9.17, 15) is 0 Å². The summed E-state index contributed by atoms with van der Waals surface area (Å²) in [6, 6.07) is 10.2. The molecule has 3 rings (SSSR count). The van der Waals surface area contributed by atoms with Crippen LogP contribution < -0.4 is 15.4 Å². The Morgan fingerprint density at radius 2 is 2.16 bits per heavy atom. The summed E-state index contributed by atoms with van der Waals surface area (Å²) in [6.07, 6.45) is 4.45. The van der Waals surface area contributed by atoms with E-state index in [0.29, 0.717) is 6.54 Å². The Bertz CT molecular complexity index is 525. The molecule has 2 heterocycles. The molecule has 0 radical (unpaired) electrons. The number of para-hydroxylation sites is 2. The molecule has 2 N–H and O–H groups in total. The standard InChI is InChI=1S/C15H18N2O2/c16-10-14(12-6-9-18-11-12)17-7-3-8-19-15-5-2-1-4-13(15)17/h1-2,4-6,9,11,14H,3,7-8,10,16H2. The molecule has 0 bridgehead atoms. The summed E-state index contributed by atoms with van der Waals surface area (Å²) >= 11 is 0. The summed E-state index contributed by atoms with van der Waals surface area (Å²) < 4.78 is 11.0. The maximum atomic E-state index is 5.98. The SMILES string of the molecule is NCC(c1ccoc1)N1CCCOc2ccccc21. The van der Waals surface area contributed by atoms with Gasteiger partial charge < -0.3 is 19.8 Å². The van der Waals surface area contributed by atoms with E-state index in [0.717, 1.165) is 36.6 Å². The topological polar surface area (TPSA) is 51.6 Å². The normalized spacial score (nSPS) is 16.4. The van der Waals surface area contributed by atoms with Crippen LogP contribution in [0.25, 0.3) is 0 Å². The zero-order valence-electron chi connectivity index (χ0n) is 10.8. The van der Waals surface area contributed by atoms with Gasteiger partial charge in [0.05, 0.1) is 30.9 Å². The van der Waals surface area contributed by atoms with Gasteiger partial charge in [-0.2, -0.15) is 0 Å². The molecule has 1 unspecified atom stereocenters. The number of anilines is 1. The van der Waals surface area contributed by atoms with Crippen LogP contribution in [0.3, 0.4) is 0 Å². The first-order valence-electron chi connectivity index (χ1n) is 6.61. The lowest BCUT2D eigenvalue weighted by molar-refractivity contribution is 0.322. The highest BCUT2D eigenvalue weighted by atomic mass is 16.5. The molecule has 4 nitrogen and oxygen atoms in total. The minimum absolute atomic E-state index is 0.126. The smallest absolute Gasteiger partial charge is 0.142 e. The average Bonchev–Trinajstić information content (AvgIpc) is 2.88. The zero-order valence-corrected chi connectivity index (χ0v) is 10.8. The molecule has 4 heteroatoms. The van der Waals surface area contributed by atoms with Crippen LogP contribution in [0.15, 0.2) is 47.3 Å². The third-order valence-electron chi connectivity index (χ3n) is 3.50. The van der Waals surface area contributed by atoms with Gasteiger partial charge in [0.15, 0.2) is 0 Å². The number of furan rings is 1. The average molecular weight is 258 g/mol. The third kappa shape index (κ3) is 2.31. The maximum absolute atomic E-state index is 5.98. The number of hydrogen-bond donors (Lipinski definition) is 1. The van der Waals surface area contributed by atoms with Crippen molar-refractivity contribution in [3.63, 3.8) is 0 Å². The summed E-state index contributed by atoms with van der Waals surface area (Å²) in [5.74, 6) is 0.932. The fourth-order valence-electron chi connectivity index (χ4n) is 2.59. The molecule has 0 saturated carbocycles. The summed E-state index contributed by atoms with van der Waals surface area (Å²) in [5.41, 5.74) is 8.20. The van der Waals surface area contributed by atoms with Gasteiger partial charge >= 0.3 is 0 Å². The van der Waals surface area contributed by atoms with Crippen molar-refractivity contribution in [2.45, 2.75) is 12.5 Å². The van der Waals surface area contributed by atoms with E-state index in [1.54, 1.807) is 12.5 Å². The van der Waals surface area contributed by atoms with E-state index in [-0.39, 0.29) is 6.04 Å². The van der Waals surface area contributed by atoms with Crippen LogP contribution >= 0.6 is 0 Å². The number of ether oxygens (including phenoxy) is 1. The van der Waals surface area contributed by atoms with E-state index >= 15 is 0 Å². The van der Waals surface area contributed by atoms with Crippen LogP contribution in [0.1, 0.15) is 18.0 Å². The molecule has 0 aliphatic carbocycles. The highest BCUT2D eigenvalue weighted by Gasteiger charge is 2.24. The van der Waals surface area contributed by atoms with E-state index < -0.39 is 0 Å². The molecule has 1 atom stereocenters. The quantitative estimate of drug-likeness (QED) is 0.919. The number of nitrogens with zero attached hydrogens (tertiary/aromatic N) is 1. The second kappa shape index (κ2) is 5.36. The Morgan fingerprint density at radius 1 is 1.26 bits per heavy atom. The van der Waals surface area contributed by atoms with Crippen LogP contribution in [0.5, 0.6) is 5.75 Å². The lowest BCUT2D eigenvalue weighted by atomic mass is 10.1. The Balaban J connectivity index is 1.99. The summed E-state index contributed by atoms with van der Waals surface area (Å²) in [7, 11) is 0. The lowest BCUT2D eigenvalue weighted by Gasteiger charge is -2.31. The van der Waals surface area contributed by atoms with Crippen LogP contribution in [0.2, 0.25) is 0 Å². The van der Waals surface area contributed by atoms with Gasteiger partial charge in [0.2, 0.25) is 0 Å². The number of benzene rings is 1. The fourth-order valence-corrected chi connectivity index (χ4v) is 2.59. The molecule has 0 saturated heterocycles. The van der Waals surface area contributed by atoms with Gasteiger partial charge in [-0.15, -0.1) is 0 Å². The fraction of sp³-hybridized carbons (Fsp3) is 0.333. The largest absolute Gasteiger partial charge is 0.491 e. The highest BCUT2D eigenvalue weighted by Crippen LogP contribution is 2.35. The second-order valence-corrected chi connectivity index (χ2v) is 4.67. The predicted molar refractivity (Wildman–Crippen MR) is 74.4 cm³/mol. The van der Waals surface area contributed by atoms with Crippen LogP contribution in [0, 0.1) is 0 Å². The van der Waals surface area contributed by atoms with Crippen molar-refractivity contribution in [3.05, 3.63) is 48.4 Å². The van der Waals surface area contributed by atoms with Crippen molar-refractivity contribution >= 4 is 5.69 Å². The number of nitrogens with two attached hydrogens (primary N) is 1. The zero-order chi connectivity index (χ0) is 13.1. The molecule has 1 aliphatic rings. The van der Waals surface area contributed by atoms with Gasteiger partial charge in [0.25, 0.3) is 0 Å². The molecule has 2 aromatic rings. The number of rotatable bonds is 3. The van der Waals surface area contributed by atoms with Crippen molar-refractivity contribution in [2.75, 3.05) is 24.6 Å². The predicted octanol–water partition coefficient (Wildman–Crippen LogP) is 2.57. The molecule has 0 amide bonds. The lowest BCUT2D eigenvalue weighted by Crippen LogP contribution is -2.34. The van der Waals surface area contributed by atoms with Crippen molar-refractivity contribution in [1.29, 1.82) is 0 Å². The Morgan fingerprint density at radius 3 is 2.95 bits per heavy atom. The molecule has 100 valence electrons. The van der Waals surface area contributed by atoms with Crippen molar-refractivity contribution in [2.24, 2.45) is 5.73 Å². The molecule has 0 spiro atoms. The van der Waals surface area contributed by atoms with E-state index in [2.05, 4.69) is 11.0 Å². The van der Waals surface area contributed by atoms with E-state index in [4.69, 9.17) is 14.9 Å². The van der Waals surface area contributed by atoms with Crippen molar-refractivity contribution in [1.82, 2.24) is 0 Å². The molecular weight excluding hydrogens is 240 g/mol. The number of hydrogen-bond acceptors (Lipinski definition) is 4. The van der Waals surface area contributed by atoms with Gasteiger partial charge in [0.1, 0.15) is 5.75 Å². The monoisotopic (exact) mass is 258 g/mol. The molecule has 1 aromatic carbocycles. The Hall–Kier alpha value is -1.94. The molecule has 1 aliphatic heterocycles. The maximum Gasteiger partial charge on any atom is 0.142 e.